The normalized spacial score (nSPS) is 11.9. The molecule has 0 N–H and O–H groups in total. The van der Waals surface area contributed by atoms with E-state index < -0.39 is 10.0 Å². The van der Waals surface area contributed by atoms with Gasteiger partial charge < -0.3 is 0 Å². The van der Waals surface area contributed by atoms with E-state index in [9.17, 15) is 8.42 Å². The number of aromatic nitrogens is 1. The van der Waals surface area contributed by atoms with E-state index in [1.54, 1.807) is 18.3 Å². The highest BCUT2D eigenvalue weighted by atomic mass is 79.9. The second-order valence-corrected chi connectivity index (χ2v) is 7.83. The van der Waals surface area contributed by atoms with Gasteiger partial charge >= 0.3 is 0 Å². The molecule has 0 amide bonds. The summed E-state index contributed by atoms with van der Waals surface area (Å²) in [6.07, 6.45) is 2.53. The van der Waals surface area contributed by atoms with Crippen LogP contribution in [0.25, 0.3) is 10.9 Å². The first-order valence-electron chi connectivity index (χ1n) is 7.01. The summed E-state index contributed by atoms with van der Waals surface area (Å²) < 4.78 is 27.2. The molecule has 0 fully saturated rings. The van der Waals surface area contributed by atoms with Crippen molar-refractivity contribution in [1.29, 1.82) is 0 Å². The molecule has 0 aliphatic heterocycles. The summed E-state index contributed by atoms with van der Waals surface area (Å²) in [5.74, 6) is 0. The Bertz CT molecular complexity index is 911. The first-order chi connectivity index (χ1) is 10.5. The maximum absolute atomic E-state index is 12.9. The fraction of sp³-hybridized carbons (Fsp3) is 0.176. The molecule has 0 spiro atoms. The maximum atomic E-state index is 12.9. The summed E-state index contributed by atoms with van der Waals surface area (Å²) >= 11 is 3.43. The number of fused-ring (bicyclic) bond motifs is 1. The van der Waals surface area contributed by atoms with Crippen molar-refractivity contribution in [2.45, 2.75) is 18.2 Å². The Morgan fingerprint density at radius 1 is 1.05 bits per heavy atom. The van der Waals surface area contributed by atoms with E-state index in [1.807, 2.05) is 43.3 Å². The van der Waals surface area contributed by atoms with E-state index in [0.29, 0.717) is 4.90 Å². The molecule has 0 unspecified atom stereocenters. The molecule has 3 aromatic rings. The number of nitrogens with zero attached hydrogens (tertiary/aromatic N) is 1. The van der Waals surface area contributed by atoms with Crippen LogP contribution >= 0.6 is 15.9 Å². The number of para-hydroxylation sites is 1. The fourth-order valence-electron chi connectivity index (χ4n) is 2.54. The van der Waals surface area contributed by atoms with Gasteiger partial charge in [-0.15, -0.1) is 0 Å². The zero-order chi connectivity index (χ0) is 15.7. The van der Waals surface area contributed by atoms with Crippen LogP contribution in [0.1, 0.15) is 11.1 Å². The third kappa shape index (κ3) is 2.59. The highest BCUT2D eigenvalue weighted by molar-refractivity contribution is 9.09. The van der Waals surface area contributed by atoms with Crippen molar-refractivity contribution in [2.75, 3.05) is 5.33 Å². The molecule has 0 aliphatic carbocycles. The third-order valence-corrected chi connectivity index (χ3v) is 5.79. The van der Waals surface area contributed by atoms with Crippen molar-refractivity contribution in [3.8, 4) is 0 Å². The van der Waals surface area contributed by atoms with Crippen LogP contribution in [-0.2, 0) is 16.4 Å². The molecule has 0 aliphatic rings. The molecule has 0 atom stereocenters. The van der Waals surface area contributed by atoms with Gasteiger partial charge in [-0.1, -0.05) is 51.8 Å². The standard InChI is InChI=1S/C17H16BrNO2S/c1-13-6-8-15(9-7-13)22(20,21)19-12-14(10-11-18)16-4-2-3-5-17(16)19/h2-9,12H,10-11H2,1H3. The Labute approximate surface area is 138 Å². The van der Waals surface area contributed by atoms with E-state index in [1.165, 1.54) is 3.97 Å². The van der Waals surface area contributed by atoms with Crippen LogP contribution in [-0.4, -0.2) is 17.7 Å². The smallest absolute Gasteiger partial charge is 0.241 e. The molecule has 0 radical (unpaired) electrons. The number of halogens is 1. The largest absolute Gasteiger partial charge is 0.268 e. The number of aryl methyl sites for hydroxylation is 2. The van der Waals surface area contributed by atoms with Crippen LogP contribution in [0.4, 0.5) is 0 Å². The van der Waals surface area contributed by atoms with E-state index in [4.69, 9.17) is 0 Å². The van der Waals surface area contributed by atoms with Crippen molar-refractivity contribution in [2.24, 2.45) is 0 Å². The molecule has 1 aromatic heterocycles. The molecule has 2 aromatic carbocycles. The van der Waals surface area contributed by atoms with Crippen LogP contribution in [0, 0.1) is 6.92 Å². The van der Waals surface area contributed by atoms with E-state index in [-0.39, 0.29) is 0 Å². The van der Waals surface area contributed by atoms with Gasteiger partial charge in [0, 0.05) is 16.9 Å². The van der Waals surface area contributed by atoms with Crippen LogP contribution in [0.3, 0.4) is 0 Å². The van der Waals surface area contributed by atoms with Crippen LogP contribution < -0.4 is 0 Å². The second-order valence-electron chi connectivity index (χ2n) is 5.22. The molecule has 0 saturated carbocycles. The summed E-state index contributed by atoms with van der Waals surface area (Å²) in [5, 5.41) is 1.78. The predicted octanol–water partition coefficient (Wildman–Crippen LogP) is 4.12. The van der Waals surface area contributed by atoms with E-state index in [2.05, 4.69) is 15.9 Å². The first kappa shape index (κ1) is 15.3. The monoisotopic (exact) mass is 377 g/mol. The van der Waals surface area contributed by atoms with Gasteiger partial charge in [0.2, 0.25) is 0 Å². The summed E-state index contributed by atoms with van der Waals surface area (Å²) in [5.41, 5.74) is 2.79. The minimum atomic E-state index is -3.58. The number of rotatable bonds is 4. The Hall–Kier alpha value is -1.59. The number of alkyl halides is 1. The van der Waals surface area contributed by atoms with Crippen molar-refractivity contribution in [1.82, 2.24) is 3.97 Å². The zero-order valence-electron chi connectivity index (χ0n) is 12.2. The minimum absolute atomic E-state index is 0.309. The molecule has 22 heavy (non-hydrogen) atoms. The van der Waals surface area contributed by atoms with E-state index >= 15 is 0 Å². The second kappa shape index (κ2) is 5.89. The van der Waals surface area contributed by atoms with Gasteiger partial charge in [-0.2, -0.15) is 0 Å². The molecule has 1 heterocycles. The molecule has 5 heteroatoms. The maximum Gasteiger partial charge on any atom is 0.268 e. The molecule has 114 valence electrons. The SMILES string of the molecule is Cc1ccc(S(=O)(=O)n2cc(CCBr)c3ccccc32)cc1. The summed E-state index contributed by atoms with van der Waals surface area (Å²) in [7, 11) is -3.58. The Kier molecular flexibility index (Phi) is 4.10. The number of hydrogen-bond acceptors (Lipinski definition) is 2. The number of hydrogen-bond donors (Lipinski definition) is 0. The van der Waals surface area contributed by atoms with Crippen LogP contribution in [0.5, 0.6) is 0 Å². The van der Waals surface area contributed by atoms with Crippen molar-refractivity contribution in [3.63, 3.8) is 0 Å². The zero-order valence-corrected chi connectivity index (χ0v) is 14.6. The van der Waals surface area contributed by atoms with Gasteiger partial charge in [0.25, 0.3) is 10.0 Å². The lowest BCUT2D eigenvalue weighted by Crippen LogP contribution is -2.11. The molecule has 3 rings (SSSR count). The Balaban J connectivity index is 2.23. The number of benzene rings is 2. The highest BCUT2D eigenvalue weighted by Crippen LogP contribution is 2.26. The van der Waals surface area contributed by atoms with Gasteiger partial charge in [0.15, 0.2) is 0 Å². The van der Waals surface area contributed by atoms with Gasteiger partial charge in [-0.3, -0.25) is 0 Å². The third-order valence-electron chi connectivity index (χ3n) is 3.70. The molecular weight excluding hydrogens is 362 g/mol. The predicted molar refractivity (Wildman–Crippen MR) is 93.2 cm³/mol. The summed E-state index contributed by atoms with van der Waals surface area (Å²) in [6, 6.07) is 14.6. The van der Waals surface area contributed by atoms with Crippen molar-refractivity contribution < 1.29 is 8.42 Å². The summed E-state index contributed by atoms with van der Waals surface area (Å²) in [6.45, 7) is 1.94. The lowest BCUT2D eigenvalue weighted by atomic mass is 10.1. The van der Waals surface area contributed by atoms with Crippen molar-refractivity contribution in [3.05, 3.63) is 65.9 Å². The Morgan fingerprint density at radius 2 is 1.73 bits per heavy atom. The molecule has 3 nitrogen and oxygen atoms in total. The lowest BCUT2D eigenvalue weighted by Gasteiger charge is -2.07. The Morgan fingerprint density at radius 3 is 2.41 bits per heavy atom. The van der Waals surface area contributed by atoms with Crippen molar-refractivity contribution >= 4 is 36.9 Å². The fourth-order valence-corrected chi connectivity index (χ4v) is 4.36. The van der Waals surface area contributed by atoms with Gasteiger partial charge in [0.05, 0.1) is 10.4 Å². The molecule has 0 saturated heterocycles. The van der Waals surface area contributed by atoms with Gasteiger partial charge in [-0.25, -0.2) is 12.4 Å². The van der Waals surface area contributed by atoms with Gasteiger partial charge in [-0.05, 0) is 37.1 Å². The average Bonchev–Trinajstić information content (AvgIpc) is 2.88. The topological polar surface area (TPSA) is 39.1 Å². The molecular formula is C17H16BrNO2S. The summed E-state index contributed by atoms with van der Waals surface area (Å²) in [4.78, 5) is 0.309. The lowest BCUT2D eigenvalue weighted by molar-refractivity contribution is 0.589. The van der Waals surface area contributed by atoms with Crippen LogP contribution in [0.2, 0.25) is 0 Å². The minimum Gasteiger partial charge on any atom is -0.241 e. The average molecular weight is 378 g/mol. The quantitative estimate of drug-likeness (QED) is 0.641. The van der Waals surface area contributed by atoms with Gasteiger partial charge in [0.1, 0.15) is 0 Å². The first-order valence-corrected chi connectivity index (χ1v) is 9.57. The van der Waals surface area contributed by atoms with E-state index in [0.717, 1.165) is 33.8 Å². The molecule has 0 bridgehead atoms. The highest BCUT2D eigenvalue weighted by Gasteiger charge is 2.20. The van der Waals surface area contributed by atoms with Crippen LogP contribution in [0.15, 0.2) is 59.6 Å².